The Morgan fingerprint density at radius 3 is 2.74 bits per heavy atom. The fourth-order valence-electron chi connectivity index (χ4n) is 1.99. The van der Waals surface area contributed by atoms with Gasteiger partial charge in [-0.2, -0.15) is 0 Å². The number of benzene rings is 1. The van der Waals surface area contributed by atoms with Gasteiger partial charge in [-0.3, -0.25) is 9.97 Å². The van der Waals surface area contributed by atoms with Gasteiger partial charge in [-0.15, -0.1) is 0 Å². The molecule has 2 heterocycles. The Kier molecular flexibility index (Phi) is 2.93. The standard InChI is InChI=1S/C15H11FN2O/c16-13-6-12(8-18-15(13)9-19)11-4-3-10-2-1-5-17-14(10)7-11/h1-8,19H,9H2. The highest BCUT2D eigenvalue weighted by molar-refractivity contribution is 5.83. The summed E-state index contributed by atoms with van der Waals surface area (Å²) in [4.78, 5) is 8.18. The summed E-state index contributed by atoms with van der Waals surface area (Å²) >= 11 is 0. The second kappa shape index (κ2) is 4.74. The summed E-state index contributed by atoms with van der Waals surface area (Å²) in [6.45, 7) is -0.397. The fourth-order valence-corrected chi connectivity index (χ4v) is 1.99. The van der Waals surface area contributed by atoms with E-state index in [0.29, 0.717) is 5.56 Å². The first kappa shape index (κ1) is 11.7. The maximum absolute atomic E-state index is 13.6. The summed E-state index contributed by atoms with van der Waals surface area (Å²) in [6.07, 6.45) is 3.28. The topological polar surface area (TPSA) is 46.0 Å². The van der Waals surface area contributed by atoms with Gasteiger partial charge in [0.2, 0.25) is 0 Å². The van der Waals surface area contributed by atoms with Crippen LogP contribution < -0.4 is 0 Å². The maximum atomic E-state index is 13.6. The largest absolute Gasteiger partial charge is 0.390 e. The number of pyridine rings is 2. The van der Waals surface area contributed by atoms with Crippen LogP contribution in [0.1, 0.15) is 5.69 Å². The van der Waals surface area contributed by atoms with Gasteiger partial charge in [0.25, 0.3) is 0 Å². The van der Waals surface area contributed by atoms with E-state index in [1.807, 2.05) is 30.3 Å². The zero-order chi connectivity index (χ0) is 13.2. The van der Waals surface area contributed by atoms with Gasteiger partial charge in [0, 0.05) is 23.3 Å². The van der Waals surface area contributed by atoms with E-state index < -0.39 is 12.4 Å². The zero-order valence-corrected chi connectivity index (χ0v) is 10.0. The van der Waals surface area contributed by atoms with E-state index in [-0.39, 0.29) is 5.69 Å². The predicted molar refractivity (Wildman–Crippen MR) is 70.9 cm³/mol. The van der Waals surface area contributed by atoms with Crippen molar-refractivity contribution in [3.8, 4) is 11.1 Å². The van der Waals surface area contributed by atoms with Crippen LogP contribution in [-0.2, 0) is 6.61 Å². The summed E-state index contributed by atoms with van der Waals surface area (Å²) in [6, 6.07) is 11.0. The van der Waals surface area contributed by atoms with E-state index in [1.165, 1.54) is 6.07 Å². The molecule has 19 heavy (non-hydrogen) atoms. The van der Waals surface area contributed by atoms with Crippen molar-refractivity contribution in [3.05, 3.63) is 60.3 Å². The number of fused-ring (bicyclic) bond motifs is 1. The lowest BCUT2D eigenvalue weighted by atomic mass is 10.0. The van der Waals surface area contributed by atoms with Crippen molar-refractivity contribution in [1.29, 1.82) is 0 Å². The predicted octanol–water partition coefficient (Wildman–Crippen LogP) is 2.93. The van der Waals surface area contributed by atoms with Crippen LogP contribution >= 0.6 is 0 Å². The lowest BCUT2D eigenvalue weighted by molar-refractivity contribution is 0.270. The van der Waals surface area contributed by atoms with Crippen LogP contribution in [0.5, 0.6) is 0 Å². The molecular formula is C15H11FN2O. The molecule has 0 saturated carbocycles. The van der Waals surface area contributed by atoms with E-state index in [9.17, 15) is 4.39 Å². The monoisotopic (exact) mass is 254 g/mol. The van der Waals surface area contributed by atoms with E-state index in [4.69, 9.17) is 5.11 Å². The van der Waals surface area contributed by atoms with Crippen LogP contribution in [0.15, 0.2) is 48.8 Å². The zero-order valence-electron chi connectivity index (χ0n) is 10.0. The van der Waals surface area contributed by atoms with Crippen molar-refractivity contribution in [2.24, 2.45) is 0 Å². The molecule has 0 radical (unpaired) electrons. The Morgan fingerprint density at radius 2 is 1.95 bits per heavy atom. The molecule has 0 aliphatic rings. The van der Waals surface area contributed by atoms with Gasteiger partial charge in [-0.25, -0.2) is 4.39 Å². The molecule has 3 nitrogen and oxygen atoms in total. The van der Waals surface area contributed by atoms with Crippen LogP contribution in [0, 0.1) is 5.82 Å². The number of aliphatic hydroxyl groups is 1. The molecule has 94 valence electrons. The Labute approximate surface area is 109 Å². The van der Waals surface area contributed by atoms with Crippen LogP contribution in [0.3, 0.4) is 0 Å². The molecule has 3 rings (SSSR count). The first-order valence-corrected chi connectivity index (χ1v) is 5.88. The summed E-state index contributed by atoms with van der Waals surface area (Å²) in [5.41, 5.74) is 2.43. The highest BCUT2D eigenvalue weighted by Gasteiger charge is 2.06. The van der Waals surface area contributed by atoms with Gasteiger partial charge >= 0.3 is 0 Å². The highest BCUT2D eigenvalue weighted by Crippen LogP contribution is 2.24. The smallest absolute Gasteiger partial charge is 0.147 e. The number of hydrogen-bond acceptors (Lipinski definition) is 3. The normalized spacial score (nSPS) is 10.8. The molecule has 0 saturated heterocycles. The first-order chi connectivity index (χ1) is 9.28. The number of aromatic nitrogens is 2. The van der Waals surface area contributed by atoms with Gasteiger partial charge in [0.05, 0.1) is 12.1 Å². The fraction of sp³-hybridized carbons (Fsp3) is 0.0667. The van der Waals surface area contributed by atoms with Crippen LogP contribution in [0.2, 0.25) is 0 Å². The highest BCUT2D eigenvalue weighted by atomic mass is 19.1. The average molecular weight is 254 g/mol. The number of hydrogen-bond donors (Lipinski definition) is 1. The quantitative estimate of drug-likeness (QED) is 0.764. The average Bonchev–Trinajstić information content (AvgIpc) is 2.46. The molecule has 0 atom stereocenters. The number of nitrogens with zero attached hydrogens (tertiary/aromatic N) is 2. The van der Waals surface area contributed by atoms with Crippen molar-refractivity contribution < 1.29 is 9.50 Å². The molecule has 0 bridgehead atoms. The van der Waals surface area contributed by atoms with Crippen molar-refractivity contribution in [1.82, 2.24) is 9.97 Å². The molecule has 3 aromatic rings. The molecule has 2 aromatic heterocycles. The Hall–Kier alpha value is -2.33. The second-order valence-electron chi connectivity index (χ2n) is 4.22. The number of halogens is 1. The number of rotatable bonds is 2. The summed E-state index contributed by atoms with van der Waals surface area (Å²) in [7, 11) is 0. The maximum Gasteiger partial charge on any atom is 0.147 e. The van der Waals surface area contributed by atoms with Crippen LogP contribution in [0.4, 0.5) is 4.39 Å². The van der Waals surface area contributed by atoms with Crippen LogP contribution in [0.25, 0.3) is 22.0 Å². The summed E-state index contributed by atoms with van der Waals surface area (Å²) in [5, 5.41) is 9.94. The van der Waals surface area contributed by atoms with Crippen molar-refractivity contribution in [3.63, 3.8) is 0 Å². The molecule has 0 amide bonds. The third kappa shape index (κ3) is 2.18. The Morgan fingerprint density at radius 1 is 1.05 bits per heavy atom. The summed E-state index contributed by atoms with van der Waals surface area (Å²) in [5.74, 6) is -0.499. The SMILES string of the molecule is OCc1ncc(-c2ccc3cccnc3c2)cc1F. The lowest BCUT2D eigenvalue weighted by Crippen LogP contribution is -1.95. The van der Waals surface area contributed by atoms with Gasteiger partial charge < -0.3 is 5.11 Å². The molecule has 0 unspecified atom stereocenters. The number of aliphatic hydroxyl groups excluding tert-OH is 1. The third-order valence-corrected chi connectivity index (χ3v) is 3.01. The van der Waals surface area contributed by atoms with Gasteiger partial charge in [0.1, 0.15) is 11.5 Å². The Bertz CT molecular complexity index is 743. The van der Waals surface area contributed by atoms with Crippen molar-refractivity contribution in [2.75, 3.05) is 0 Å². The molecule has 0 aliphatic carbocycles. The van der Waals surface area contributed by atoms with Crippen LogP contribution in [-0.4, -0.2) is 15.1 Å². The van der Waals surface area contributed by atoms with E-state index in [2.05, 4.69) is 9.97 Å². The van der Waals surface area contributed by atoms with Crippen molar-refractivity contribution in [2.45, 2.75) is 6.61 Å². The molecule has 0 spiro atoms. The third-order valence-electron chi connectivity index (χ3n) is 3.01. The summed E-state index contributed by atoms with van der Waals surface area (Å²) < 4.78 is 13.6. The van der Waals surface area contributed by atoms with Gasteiger partial charge in [-0.05, 0) is 23.8 Å². The second-order valence-corrected chi connectivity index (χ2v) is 4.22. The minimum Gasteiger partial charge on any atom is -0.390 e. The Balaban J connectivity index is 2.11. The molecular weight excluding hydrogens is 243 g/mol. The molecule has 1 N–H and O–H groups in total. The first-order valence-electron chi connectivity index (χ1n) is 5.88. The minimum absolute atomic E-state index is 0.0580. The minimum atomic E-state index is -0.499. The van der Waals surface area contributed by atoms with E-state index in [0.717, 1.165) is 16.5 Å². The lowest BCUT2D eigenvalue weighted by Gasteiger charge is -2.05. The van der Waals surface area contributed by atoms with Gasteiger partial charge in [0.15, 0.2) is 0 Å². The van der Waals surface area contributed by atoms with Gasteiger partial charge in [-0.1, -0.05) is 18.2 Å². The van der Waals surface area contributed by atoms with E-state index in [1.54, 1.807) is 12.4 Å². The molecule has 0 fully saturated rings. The van der Waals surface area contributed by atoms with Crippen molar-refractivity contribution >= 4 is 10.9 Å². The van der Waals surface area contributed by atoms with E-state index >= 15 is 0 Å². The molecule has 0 aliphatic heterocycles. The molecule has 1 aromatic carbocycles. The molecule has 4 heteroatoms.